The number of nitrogens with zero attached hydrogens (tertiary/aromatic N) is 2. The smallest absolute Gasteiger partial charge is 0.107 e. The van der Waals surface area contributed by atoms with E-state index in [0.29, 0.717) is 12.8 Å². The summed E-state index contributed by atoms with van der Waals surface area (Å²) < 4.78 is 0. The quantitative estimate of drug-likeness (QED) is 0.859. The Morgan fingerprint density at radius 3 is 3.13 bits per heavy atom. The predicted molar refractivity (Wildman–Crippen MR) is 60.6 cm³/mol. The number of nitriles is 1. The molecule has 2 rings (SSSR count). The Hall–Kier alpha value is -1.60. The van der Waals surface area contributed by atoms with Gasteiger partial charge in [0.05, 0.1) is 22.8 Å². The lowest BCUT2D eigenvalue weighted by Gasteiger charge is -1.94. The molecule has 0 saturated carbocycles. The number of aromatic amines is 1. The second kappa shape index (κ2) is 4.28. The Bertz CT molecular complexity index is 490. The Morgan fingerprint density at radius 1 is 1.60 bits per heavy atom. The maximum absolute atomic E-state index is 8.47. The Morgan fingerprint density at radius 2 is 2.47 bits per heavy atom. The fourth-order valence-corrected chi connectivity index (χ4v) is 2.32. The van der Waals surface area contributed by atoms with Crippen LogP contribution in [0.4, 0.5) is 0 Å². The first kappa shape index (κ1) is 9.94. The van der Waals surface area contributed by atoms with Crippen molar-refractivity contribution < 1.29 is 0 Å². The fourth-order valence-electron chi connectivity index (χ4n) is 1.43. The van der Waals surface area contributed by atoms with Crippen LogP contribution in [0.25, 0.3) is 10.6 Å². The van der Waals surface area contributed by atoms with E-state index in [1.807, 2.05) is 6.20 Å². The van der Waals surface area contributed by atoms with Crippen LogP contribution < -0.4 is 0 Å². The predicted octanol–water partition coefficient (Wildman–Crippen LogP) is 2.90. The zero-order chi connectivity index (χ0) is 10.7. The van der Waals surface area contributed by atoms with Crippen LogP contribution in [-0.4, -0.2) is 9.97 Å². The SMILES string of the molecule is Cc1ccsc1-c1cnc(CCC#N)[nH]1. The average molecular weight is 217 g/mol. The molecule has 0 radical (unpaired) electrons. The van der Waals surface area contributed by atoms with Crippen molar-refractivity contribution in [3.05, 3.63) is 29.0 Å². The monoisotopic (exact) mass is 217 g/mol. The number of rotatable bonds is 3. The van der Waals surface area contributed by atoms with Gasteiger partial charge in [0.1, 0.15) is 5.82 Å². The molecule has 0 fully saturated rings. The van der Waals surface area contributed by atoms with E-state index < -0.39 is 0 Å². The molecule has 0 aliphatic rings. The van der Waals surface area contributed by atoms with Gasteiger partial charge in [-0.25, -0.2) is 4.98 Å². The molecule has 4 heteroatoms. The molecule has 2 heterocycles. The van der Waals surface area contributed by atoms with Gasteiger partial charge in [0, 0.05) is 12.8 Å². The van der Waals surface area contributed by atoms with Gasteiger partial charge in [-0.2, -0.15) is 5.26 Å². The summed E-state index contributed by atoms with van der Waals surface area (Å²) in [6, 6.07) is 4.21. The van der Waals surface area contributed by atoms with E-state index in [-0.39, 0.29) is 0 Å². The molecule has 0 unspecified atom stereocenters. The Balaban J connectivity index is 2.21. The van der Waals surface area contributed by atoms with E-state index in [4.69, 9.17) is 5.26 Å². The van der Waals surface area contributed by atoms with E-state index in [1.54, 1.807) is 11.3 Å². The second-order valence-corrected chi connectivity index (χ2v) is 4.25. The van der Waals surface area contributed by atoms with E-state index in [0.717, 1.165) is 11.5 Å². The van der Waals surface area contributed by atoms with Crippen molar-refractivity contribution in [3.8, 4) is 16.6 Å². The molecule has 0 aliphatic carbocycles. The zero-order valence-electron chi connectivity index (χ0n) is 8.45. The van der Waals surface area contributed by atoms with Gasteiger partial charge < -0.3 is 4.98 Å². The van der Waals surface area contributed by atoms with Gasteiger partial charge in [0.2, 0.25) is 0 Å². The highest BCUT2D eigenvalue weighted by Crippen LogP contribution is 2.27. The summed E-state index contributed by atoms with van der Waals surface area (Å²) >= 11 is 1.70. The topological polar surface area (TPSA) is 52.5 Å². The molecule has 15 heavy (non-hydrogen) atoms. The van der Waals surface area contributed by atoms with Gasteiger partial charge in [-0.05, 0) is 23.9 Å². The van der Waals surface area contributed by atoms with E-state index in [2.05, 4.69) is 34.4 Å². The van der Waals surface area contributed by atoms with Gasteiger partial charge in [0.15, 0.2) is 0 Å². The van der Waals surface area contributed by atoms with Crippen molar-refractivity contribution in [2.45, 2.75) is 19.8 Å². The third-order valence-corrected chi connectivity index (χ3v) is 3.26. The molecule has 3 nitrogen and oxygen atoms in total. The lowest BCUT2D eigenvalue weighted by molar-refractivity contribution is 0.918. The number of aromatic nitrogens is 2. The summed E-state index contributed by atoms with van der Waals surface area (Å²) in [5.74, 6) is 0.888. The molecule has 0 saturated heterocycles. The van der Waals surface area contributed by atoms with Gasteiger partial charge >= 0.3 is 0 Å². The highest BCUT2D eigenvalue weighted by Gasteiger charge is 2.06. The maximum Gasteiger partial charge on any atom is 0.107 e. The standard InChI is InChI=1S/C11H11N3S/c1-8-4-6-15-11(8)9-7-13-10(14-9)3-2-5-12/h4,6-7H,2-3H2,1H3,(H,13,14). The number of hydrogen-bond donors (Lipinski definition) is 1. The minimum atomic E-state index is 0.510. The molecule has 0 amide bonds. The first-order valence-electron chi connectivity index (χ1n) is 4.76. The van der Waals surface area contributed by atoms with E-state index in [1.165, 1.54) is 10.4 Å². The summed E-state index contributed by atoms with van der Waals surface area (Å²) in [5.41, 5.74) is 2.31. The molecule has 0 atom stereocenters. The van der Waals surface area contributed by atoms with Crippen molar-refractivity contribution in [2.75, 3.05) is 0 Å². The molecule has 0 bridgehead atoms. The minimum Gasteiger partial charge on any atom is -0.341 e. The van der Waals surface area contributed by atoms with Crippen molar-refractivity contribution in [1.29, 1.82) is 5.26 Å². The second-order valence-electron chi connectivity index (χ2n) is 3.33. The molecule has 0 aliphatic heterocycles. The van der Waals surface area contributed by atoms with Crippen LogP contribution >= 0.6 is 11.3 Å². The van der Waals surface area contributed by atoms with Crippen LogP contribution in [-0.2, 0) is 6.42 Å². The van der Waals surface area contributed by atoms with Gasteiger partial charge in [-0.15, -0.1) is 11.3 Å². The van der Waals surface area contributed by atoms with Crippen molar-refractivity contribution in [1.82, 2.24) is 9.97 Å². The first-order chi connectivity index (χ1) is 7.31. The lowest BCUT2D eigenvalue weighted by Crippen LogP contribution is -1.86. The minimum absolute atomic E-state index is 0.510. The highest BCUT2D eigenvalue weighted by atomic mass is 32.1. The molecular formula is C11H11N3S. The highest BCUT2D eigenvalue weighted by molar-refractivity contribution is 7.13. The number of thiophene rings is 1. The van der Waals surface area contributed by atoms with Crippen molar-refractivity contribution in [2.24, 2.45) is 0 Å². The number of hydrogen-bond acceptors (Lipinski definition) is 3. The molecule has 76 valence electrons. The van der Waals surface area contributed by atoms with Crippen LogP contribution in [0.15, 0.2) is 17.6 Å². The molecule has 2 aromatic rings. The molecule has 2 aromatic heterocycles. The number of H-pyrrole nitrogens is 1. The third-order valence-electron chi connectivity index (χ3n) is 2.21. The van der Waals surface area contributed by atoms with Gasteiger partial charge in [-0.3, -0.25) is 0 Å². The maximum atomic E-state index is 8.47. The molecule has 0 spiro atoms. The summed E-state index contributed by atoms with van der Waals surface area (Å²) in [4.78, 5) is 8.72. The molecule has 0 aromatic carbocycles. The number of imidazole rings is 1. The lowest BCUT2D eigenvalue weighted by atomic mass is 10.2. The molecule has 1 N–H and O–H groups in total. The zero-order valence-corrected chi connectivity index (χ0v) is 9.27. The Kier molecular flexibility index (Phi) is 2.84. The Labute approximate surface area is 92.4 Å². The van der Waals surface area contributed by atoms with E-state index >= 15 is 0 Å². The average Bonchev–Trinajstić information content (AvgIpc) is 2.83. The van der Waals surface area contributed by atoms with Crippen LogP contribution in [0.1, 0.15) is 17.8 Å². The van der Waals surface area contributed by atoms with Crippen LogP contribution in [0.3, 0.4) is 0 Å². The number of nitrogens with one attached hydrogen (secondary N) is 1. The molecular weight excluding hydrogens is 206 g/mol. The normalized spacial score (nSPS) is 10.1. The van der Waals surface area contributed by atoms with Gasteiger partial charge in [0.25, 0.3) is 0 Å². The van der Waals surface area contributed by atoms with Crippen LogP contribution in [0.2, 0.25) is 0 Å². The van der Waals surface area contributed by atoms with E-state index in [9.17, 15) is 0 Å². The third kappa shape index (κ3) is 2.08. The summed E-state index contributed by atoms with van der Waals surface area (Å²) in [6.07, 6.45) is 3.04. The summed E-state index contributed by atoms with van der Waals surface area (Å²) in [6.45, 7) is 2.08. The van der Waals surface area contributed by atoms with Crippen LogP contribution in [0.5, 0.6) is 0 Å². The summed E-state index contributed by atoms with van der Waals surface area (Å²) in [7, 11) is 0. The fraction of sp³-hybridized carbons (Fsp3) is 0.273. The summed E-state index contributed by atoms with van der Waals surface area (Å²) in [5, 5.41) is 10.5. The van der Waals surface area contributed by atoms with Crippen molar-refractivity contribution in [3.63, 3.8) is 0 Å². The van der Waals surface area contributed by atoms with Gasteiger partial charge in [-0.1, -0.05) is 0 Å². The largest absolute Gasteiger partial charge is 0.341 e. The van der Waals surface area contributed by atoms with Crippen molar-refractivity contribution >= 4 is 11.3 Å². The van der Waals surface area contributed by atoms with Crippen LogP contribution in [0, 0.1) is 18.3 Å². The number of aryl methyl sites for hydroxylation is 2. The first-order valence-corrected chi connectivity index (χ1v) is 5.64.